The molecule has 1 N–H and O–H groups in total. The number of hydrogen-bond donors (Lipinski definition) is 1. The molecule has 0 aliphatic rings. The van der Waals surface area contributed by atoms with Crippen LogP contribution in [0.3, 0.4) is 0 Å². The fraction of sp³-hybridized carbons (Fsp3) is 0.292. The second-order valence-corrected chi connectivity index (χ2v) is 8.30. The number of nitrogens with one attached hydrogen (secondary N) is 1. The zero-order chi connectivity index (χ0) is 26.2. The molecular formula is C24H23F3N6O3. The molecule has 0 bridgehead atoms. The molecule has 0 saturated heterocycles. The highest BCUT2D eigenvalue weighted by Gasteiger charge is 2.36. The molecule has 4 aromatic rings. The second-order valence-electron chi connectivity index (χ2n) is 8.30. The number of anilines is 1. The van der Waals surface area contributed by atoms with E-state index >= 15 is 0 Å². The number of alkyl halides is 3. The van der Waals surface area contributed by atoms with Crippen LogP contribution in [-0.2, 0) is 18.0 Å². The number of benzene rings is 1. The normalized spacial score (nSPS) is 11.8. The van der Waals surface area contributed by atoms with Gasteiger partial charge in [0.05, 0.1) is 24.7 Å². The Balaban J connectivity index is 1.79. The van der Waals surface area contributed by atoms with Gasteiger partial charge in [-0.25, -0.2) is 14.3 Å². The first kappa shape index (κ1) is 24.9. The lowest BCUT2D eigenvalue weighted by atomic mass is 10.0. The molecule has 0 saturated carbocycles. The predicted octanol–water partition coefficient (Wildman–Crippen LogP) is 4.70. The molecular weight excluding hydrogens is 477 g/mol. The van der Waals surface area contributed by atoms with Gasteiger partial charge in [0.1, 0.15) is 16.9 Å². The monoisotopic (exact) mass is 500 g/mol. The van der Waals surface area contributed by atoms with E-state index in [1.165, 1.54) is 17.9 Å². The van der Waals surface area contributed by atoms with Gasteiger partial charge in [-0.1, -0.05) is 38.1 Å². The molecule has 1 aromatic carbocycles. The standard InChI is InChI=1S/C24H23F3N6O3/c1-5-36-23(35)17-12-28-32(4)20(17)31-22(34)16-11-29-33-19(24(25,26)27)10-18(30-21(16)33)15-8-6-14(7-9-15)13(2)3/h6-13H,5H2,1-4H3,(H,31,34). The smallest absolute Gasteiger partial charge is 0.433 e. The lowest BCUT2D eigenvalue weighted by Crippen LogP contribution is -2.18. The van der Waals surface area contributed by atoms with E-state index in [9.17, 15) is 22.8 Å². The van der Waals surface area contributed by atoms with Crippen LogP contribution in [0.4, 0.5) is 19.0 Å². The maximum absolute atomic E-state index is 13.9. The number of carbonyl (C=O) groups excluding carboxylic acids is 2. The van der Waals surface area contributed by atoms with Gasteiger partial charge in [-0.3, -0.25) is 9.48 Å². The van der Waals surface area contributed by atoms with Crippen LogP contribution < -0.4 is 5.32 Å². The summed E-state index contributed by atoms with van der Waals surface area (Å²) in [4.78, 5) is 29.7. The quantitative estimate of drug-likeness (QED) is 0.385. The van der Waals surface area contributed by atoms with Gasteiger partial charge in [-0.2, -0.15) is 23.4 Å². The van der Waals surface area contributed by atoms with E-state index in [0.717, 1.165) is 17.8 Å². The van der Waals surface area contributed by atoms with Crippen molar-refractivity contribution in [3.05, 3.63) is 65.1 Å². The first-order valence-corrected chi connectivity index (χ1v) is 11.1. The molecule has 3 heterocycles. The van der Waals surface area contributed by atoms with Gasteiger partial charge in [0.25, 0.3) is 5.91 Å². The first-order valence-electron chi connectivity index (χ1n) is 11.1. The fourth-order valence-corrected chi connectivity index (χ4v) is 3.63. The van der Waals surface area contributed by atoms with Crippen LogP contribution in [0.1, 0.15) is 58.7 Å². The van der Waals surface area contributed by atoms with Crippen LogP contribution in [0.15, 0.2) is 42.7 Å². The molecule has 36 heavy (non-hydrogen) atoms. The molecule has 3 aromatic heterocycles. The summed E-state index contributed by atoms with van der Waals surface area (Å²) in [6.07, 6.45) is -2.53. The minimum Gasteiger partial charge on any atom is -0.462 e. The van der Waals surface area contributed by atoms with Gasteiger partial charge < -0.3 is 10.1 Å². The third-order valence-corrected chi connectivity index (χ3v) is 5.55. The van der Waals surface area contributed by atoms with Crippen molar-refractivity contribution < 1.29 is 27.5 Å². The lowest BCUT2D eigenvalue weighted by molar-refractivity contribution is -0.142. The van der Waals surface area contributed by atoms with Crippen molar-refractivity contribution in [3.63, 3.8) is 0 Å². The maximum atomic E-state index is 13.9. The molecule has 0 atom stereocenters. The number of aryl methyl sites for hydroxylation is 1. The number of esters is 1. The number of carbonyl (C=O) groups is 2. The molecule has 0 aliphatic heterocycles. The van der Waals surface area contributed by atoms with Crippen LogP contribution in [-0.4, -0.2) is 42.9 Å². The predicted molar refractivity (Wildman–Crippen MR) is 125 cm³/mol. The molecule has 12 heteroatoms. The van der Waals surface area contributed by atoms with Gasteiger partial charge in [0.2, 0.25) is 0 Å². The summed E-state index contributed by atoms with van der Waals surface area (Å²) in [5.74, 6) is -1.25. The van der Waals surface area contributed by atoms with Crippen molar-refractivity contribution in [1.29, 1.82) is 0 Å². The van der Waals surface area contributed by atoms with E-state index in [1.54, 1.807) is 19.1 Å². The van der Waals surface area contributed by atoms with Crippen molar-refractivity contribution in [1.82, 2.24) is 24.4 Å². The zero-order valence-corrected chi connectivity index (χ0v) is 19.9. The van der Waals surface area contributed by atoms with Gasteiger partial charge in [-0.15, -0.1) is 0 Å². The summed E-state index contributed by atoms with van der Waals surface area (Å²) < 4.78 is 48.5. The van der Waals surface area contributed by atoms with E-state index in [-0.39, 0.29) is 40.8 Å². The Labute approximate surface area is 203 Å². The molecule has 0 radical (unpaired) electrons. The number of fused-ring (bicyclic) bond motifs is 1. The number of hydrogen-bond acceptors (Lipinski definition) is 6. The highest BCUT2D eigenvalue weighted by atomic mass is 19.4. The van der Waals surface area contributed by atoms with E-state index in [0.29, 0.717) is 10.1 Å². The Morgan fingerprint density at radius 2 is 1.75 bits per heavy atom. The summed E-state index contributed by atoms with van der Waals surface area (Å²) in [7, 11) is 1.49. The molecule has 0 unspecified atom stereocenters. The van der Waals surface area contributed by atoms with E-state index in [4.69, 9.17) is 4.74 Å². The average molecular weight is 500 g/mol. The third kappa shape index (κ3) is 4.66. The highest BCUT2D eigenvalue weighted by molar-refractivity contribution is 6.10. The van der Waals surface area contributed by atoms with Crippen LogP contribution in [0, 0.1) is 0 Å². The van der Waals surface area contributed by atoms with E-state index in [1.807, 2.05) is 26.0 Å². The average Bonchev–Trinajstić information content (AvgIpc) is 3.41. The Kier molecular flexibility index (Phi) is 6.53. The van der Waals surface area contributed by atoms with Crippen molar-refractivity contribution >= 4 is 23.3 Å². The lowest BCUT2D eigenvalue weighted by Gasteiger charge is -2.12. The Morgan fingerprint density at radius 1 is 1.08 bits per heavy atom. The highest BCUT2D eigenvalue weighted by Crippen LogP contribution is 2.33. The van der Waals surface area contributed by atoms with E-state index in [2.05, 4.69) is 20.5 Å². The molecule has 9 nitrogen and oxygen atoms in total. The van der Waals surface area contributed by atoms with Crippen LogP contribution in [0.5, 0.6) is 0 Å². The molecule has 0 fully saturated rings. The fourth-order valence-electron chi connectivity index (χ4n) is 3.63. The third-order valence-electron chi connectivity index (χ3n) is 5.55. The number of aromatic nitrogens is 5. The van der Waals surface area contributed by atoms with Gasteiger partial charge in [0, 0.05) is 12.6 Å². The topological polar surface area (TPSA) is 103 Å². The summed E-state index contributed by atoms with van der Waals surface area (Å²) >= 11 is 0. The largest absolute Gasteiger partial charge is 0.462 e. The summed E-state index contributed by atoms with van der Waals surface area (Å²) in [6.45, 7) is 5.76. The molecule has 1 amide bonds. The van der Waals surface area contributed by atoms with E-state index < -0.39 is 23.7 Å². The van der Waals surface area contributed by atoms with Crippen molar-refractivity contribution in [2.75, 3.05) is 11.9 Å². The molecule has 0 aliphatic carbocycles. The second kappa shape index (κ2) is 9.44. The Hall–Kier alpha value is -4.22. The van der Waals surface area contributed by atoms with Crippen molar-refractivity contribution in [2.45, 2.75) is 32.9 Å². The minimum atomic E-state index is -4.76. The van der Waals surface area contributed by atoms with Crippen LogP contribution in [0.25, 0.3) is 16.9 Å². The van der Waals surface area contributed by atoms with Crippen molar-refractivity contribution in [3.8, 4) is 11.3 Å². The van der Waals surface area contributed by atoms with Crippen molar-refractivity contribution in [2.24, 2.45) is 7.05 Å². The van der Waals surface area contributed by atoms with Gasteiger partial charge in [-0.05, 0) is 24.5 Å². The summed E-state index contributed by atoms with van der Waals surface area (Å²) in [5, 5.41) is 10.2. The van der Waals surface area contributed by atoms with Gasteiger partial charge in [0.15, 0.2) is 11.3 Å². The first-order chi connectivity index (χ1) is 17.0. The number of ether oxygens (including phenoxy) is 1. The van der Waals surface area contributed by atoms with Crippen LogP contribution in [0.2, 0.25) is 0 Å². The Morgan fingerprint density at radius 3 is 2.36 bits per heavy atom. The number of halogens is 3. The summed E-state index contributed by atoms with van der Waals surface area (Å²) in [5.41, 5.74) is -0.0685. The Bertz CT molecular complexity index is 1440. The maximum Gasteiger partial charge on any atom is 0.433 e. The van der Waals surface area contributed by atoms with Crippen LogP contribution >= 0.6 is 0 Å². The molecule has 4 rings (SSSR count). The summed E-state index contributed by atoms with van der Waals surface area (Å²) in [6, 6.07) is 7.91. The number of rotatable bonds is 6. The zero-order valence-electron chi connectivity index (χ0n) is 19.9. The molecule has 0 spiro atoms. The number of nitrogens with zero attached hydrogens (tertiary/aromatic N) is 5. The number of amides is 1. The van der Waals surface area contributed by atoms with Gasteiger partial charge >= 0.3 is 12.1 Å². The SMILES string of the molecule is CCOC(=O)c1cnn(C)c1NC(=O)c1cnn2c(C(F)(F)F)cc(-c3ccc(C(C)C)cc3)nc12. The molecule has 188 valence electrons. The minimum absolute atomic E-state index is 0.000884.